The van der Waals surface area contributed by atoms with Crippen LogP contribution < -0.4 is 14.9 Å². The summed E-state index contributed by atoms with van der Waals surface area (Å²) in [7, 11) is 0. The van der Waals surface area contributed by atoms with Gasteiger partial charge < -0.3 is 4.74 Å². The van der Waals surface area contributed by atoms with E-state index in [2.05, 4.69) is 10.1 Å². The molecule has 1 aromatic carbocycles. The van der Waals surface area contributed by atoms with Crippen LogP contribution >= 0.6 is 22.9 Å². The molecular formula is C23H23ClN4O3S. The lowest BCUT2D eigenvalue weighted by Crippen LogP contribution is -2.39. The van der Waals surface area contributed by atoms with Crippen molar-refractivity contribution in [2.45, 2.75) is 40.3 Å². The third-order valence-corrected chi connectivity index (χ3v) is 6.53. The lowest BCUT2D eigenvalue weighted by atomic mass is 9.96. The third-order valence-electron chi connectivity index (χ3n) is 5.30. The van der Waals surface area contributed by atoms with Gasteiger partial charge in [0, 0.05) is 23.3 Å². The molecule has 0 N–H and O–H groups in total. The monoisotopic (exact) mass is 470 g/mol. The summed E-state index contributed by atoms with van der Waals surface area (Å²) in [4.78, 5) is 31.5. The van der Waals surface area contributed by atoms with Crippen molar-refractivity contribution >= 4 is 35.0 Å². The summed E-state index contributed by atoms with van der Waals surface area (Å²) in [5.74, 6) is -0.483. The molecule has 1 unspecified atom stereocenters. The average Bonchev–Trinajstić information content (AvgIpc) is 3.27. The highest BCUT2D eigenvalue weighted by Crippen LogP contribution is 2.31. The van der Waals surface area contributed by atoms with Crippen LogP contribution in [-0.2, 0) is 16.1 Å². The van der Waals surface area contributed by atoms with Crippen LogP contribution in [0.1, 0.15) is 43.6 Å². The zero-order chi connectivity index (χ0) is 23.0. The Morgan fingerprint density at radius 1 is 1.25 bits per heavy atom. The maximum absolute atomic E-state index is 13.5. The number of benzene rings is 1. The van der Waals surface area contributed by atoms with Gasteiger partial charge in [0.2, 0.25) is 0 Å². The van der Waals surface area contributed by atoms with Crippen molar-refractivity contribution in [1.29, 1.82) is 0 Å². The largest absolute Gasteiger partial charge is 0.463 e. The fourth-order valence-corrected chi connectivity index (χ4v) is 4.89. The van der Waals surface area contributed by atoms with Crippen molar-refractivity contribution in [3.8, 4) is 0 Å². The Balaban J connectivity index is 1.95. The lowest BCUT2D eigenvalue weighted by Gasteiger charge is -2.24. The maximum atomic E-state index is 13.5. The van der Waals surface area contributed by atoms with E-state index >= 15 is 0 Å². The first-order valence-electron chi connectivity index (χ1n) is 10.3. The molecule has 0 radical (unpaired) electrons. The van der Waals surface area contributed by atoms with Crippen LogP contribution in [0.15, 0.2) is 51.5 Å². The number of aryl methyl sites for hydroxylation is 2. The number of hydrogen-bond acceptors (Lipinski definition) is 6. The Morgan fingerprint density at radius 2 is 1.97 bits per heavy atom. The normalized spacial score (nSPS) is 16.2. The number of thiazole rings is 1. The van der Waals surface area contributed by atoms with E-state index in [1.165, 1.54) is 11.3 Å². The predicted molar refractivity (Wildman–Crippen MR) is 124 cm³/mol. The molecule has 1 atom stereocenters. The zero-order valence-corrected chi connectivity index (χ0v) is 19.8. The third kappa shape index (κ3) is 3.96. The van der Waals surface area contributed by atoms with Gasteiger partial charge in [-0.15, -0.1) is 0 Å². The SMILES string of the molecule is CCOC(=O)C1=C(C)N=c2sc(=Cc3cn(CC)nc3C)c(=O)n2C1c1ccc(Cl)cc1. The minimum absolute atomic E-state index is 0.216. The molecule has 0 saturated heterocycles. The van der Waals surface area contributed by atoms with Crippen molar-refractivity contribution in [3.05, 3.63) is 83.3 Å². The van der Waals surface area contributed by atoms with E-state index in [9.17, 15) is 9.59 Å². The Kier molecular flexibility index (Phi) is 6.17. The zero-order valence-electron chi connectivity index (χ0n) is 18.3. The summed E-state index contributed by atoms with van der Waals surface area (Å²) in [6.45, 7) is 8.41. The molecule has 0 spiro atoms. The van der Waals surface area contributed by atoms with Gasteiger partial charge in [-0.3, -0.25) is 14.0 Å². The van der Waals surface area contributed by atoms with Crippen LogP contribution in [-0.4, -0.2) is 26.9 Å². The number of halogens is 1. The van der Waals surface area contributed by atoms with Gasteiger partial charge in [0.15, 0.2) is 4.80 Å². The molecule has 9 heteroatoms. The van der Waals surface area contributed by atoms with E-state index in [1.54, 1.807) is 30.5 Å². The van der Waals surface area contributed by atoms with Gasteiger partial charge in [-0.25, -0.2) is 9.79 Å². The number of esters is 1. The molecule has 1 aliphatic heterocycles. The molecule has 0 amide bonds. The molecule has 1 aliphatic rings. The number of carbonyl (C=O) groups excluding carboxylic acids is 1. The molecule has 3 aromatic rings. The van der Waals surface area contributed by atoms with E-state index in [-0.39, 0.29) is 12.2 Å². The van der Waals surface area contributed by atoms with Crippen molar-refractivity contribution in [1.82, 2.24) is 14.3 Å². The van der Waals surface area contributed by atoms with Gasteiger partial charge in [-0.05, 0) is 51.5 Å². The number of allylic oxidation sites excluding steroid dienone is 1. The first-order valence-corrected chi connectivity index (χ1v) is 11.5. The minimum atomic E-state index is -0.649. The van der Waals surface area contributed by atoms with Gasteiger partial charge in [0.25, 0.3) is 5.56 Å². The predicted octanol–water partition coefficient (Wildman–Crippen LogP) is 2.98. The van der Waals surface area contributed by atoms with Gasteiger partial charge in [0.1, 0.15) is 0 Å². The molecule has 3 heterocycles. The smallest absolute Gasteiger partial charge is 0.338 e. The topological polar surface area (TPSA) is 78.5 Å². The molecule has 0 fully saturated rings. The summed E-state index contributed by atoms with van der Waals surface area (Å²) in [6.07, 6.45) is 3.75. The standard InChI is InChI=1S/C23H23ClN4O3S/c1-5-27-12-16(13(3)26-27)11-18-21(29)28-20(15-7-9-17(24)10-8-15)19(22(30)31-6-2)14(4)25-23(28)32-18/h7-12,20H,5-6H2,1-4H3. The van der Waals surface area contributed by atoms with Crippen LogP contribution in [0.4, 0.5) is 0 Å². The van der Waals surface area contributed by atoms with Crippen LogP contribution in [0, 0.1) is 6.92 Å². The number of nitrogens with zero attached hydrogens (tertiary/aromatic N) is 4. The Hall–Kier alpha value is -2.97. The average molecular weight is 471 g/mol. The van der Waals surface area contributed by atoms with Gasteiger partial charge in [-0.1, -0.05) is 35.1 Å². The fraction of sp³-hybridized carbons (Fsp3) is 0.304. The molecule has 2 aromatic heterocycles. The van der Waals surface area contributed by atoms with E-state index < -0.39 is 12.0 Å². The Bertz CT molecular complexity index is 1400. The van der Waals surface area contributed by atoms with Gasteiger partial charge in [-0.2, -0.15) is 5.10 Å². The van der Waals surface area contributed by atoms with Crippen LogP contribution in [0.25, 0.3) is 6.08 Å². The van der Waals surface area contributed by atoms with Crippen LogP contribution in [0.5, 0.6) is 0 Å². The fourth-order valence-electron chi connectivity index (χ4n) is 3.73. The summed E-state index contributed by atoms with van der Waals surface area (Å²) >= 11 is 7.37. The molecule has 7 nitrogen and oxygen atoms in total. The number of carbonyl (C=O) groups is 1. The van der Waals surface area contributed by atoms with Crippen molar-refractivity contribution in [2.24, 2.45) is 4.99 Å². The molecule has 0 bridgehead atoms. The van der Waals surface area contributed by atoms with Gasteiger partial charge >= 0.3 is 5.97 Å². The molecule has 0 aliphatic carbocycles. The highest BCUT2D eigenvalue weighted by molar-refractivity contribution is 7.07. The maximum Gasteiger partial charge on any atom is 0.338 e. The highest BCUT2D eigenvalue weighted by Gasteiger charge is 2.33. The Morgan fingerprint density at radius 3 is 2.59 bits per heavy atom. The first kappa shape index (κ1) is 22.2. The van der Waals surface area contributed by atoms with E-state index in [0.717, 1.165) is 23.4 Å². The van der Waals surface area contributed by atoms with E-state index in [1.807, 2.05) is 42.9 Å². The van der Waals surface area contributed by atoms with Crippen molar-refractivity contribution in [2.75, 3.05) is 6.61 Å². The van der Waals surface area contributed by atoms with Crippen LogP contribution in [0.2, 0.25) is 5.02 Å². The summed E-state index contributed by atoms with van der Waals surface area (Å²) in [5.41, 5.74) is 3.15. The van der Waals surface area contributed by atoms with Crippen LogP contribution in [0.3, 0.4) is 0 Å². The molecule has 166 valence electrons. The summed E-state index contributed by atoms with van der Waals surface area (Å²) in [5, 5.41) is 5.02. The molecular weight excluding hydrogens is 448 g/mol. The number of aromatic nitrogens is 3. The second-order valence-electron chi connectivity index (χ2n) is 7.38. The summed E-state index contributed by atoms with van der Waals surface area (Å²) in [6, 6.07) is 6.47. The molecule has 4 rings (SSSR count). The Labute approximate surface area is 193 Å². The van der Waals surface area contributed by atoms with E-state index in [4.69, 9.17) is 16.3 Å². The minimum Gasteiger partial charge on any atom is -0.463 e. The highest BCUT2D eigenvalue weighted by atomic mass is 35.5. The second-order valence-corrected chi connectivity index (χ2v) is 8.82. The summed E-state index contributed by atoms with van der Waals surface area (Å²) < 4.78 is 9.23. The number of ether oxygens (including phenoxy) is 1. The second kappa shape index (κ2) is 8.88. The first-order chi connectivity index (χ1) is 15.3. The number of rotatable bonds is 5. The number of fused-ring (bicyclic) bond motifs is 1. The molecule has 32 heavy (non-hydrogen) atoms. The van der Waals surface area contributed by atoms with Crippen molar-refractivity contribution in [3.63, 3.8) is 0 Å². The quantitative estimate of drug-likeness (QED) is 0.537. The molecule has 0 saturated carbocycles. The van der Waals surface area contributed by atoms with Crippen molar-refractivity contribution < 1.29 is 9.53 Å². The van der Waals surface area contributed by atoms with E-state index in [0.29, 0.717) is 25.6 Å². The number of hydrogen-bond donors (Lipinski definition) is 0. The lowest BCUT2D eigenvalue weighted by molar-refractivity contribution is -0.139. The van der Waals surface area contributed by atoms with Gasteiger partial charge in [0.05, 0.1) is 34.1 Å².